The normalized spacial score (nSPS) is 18.6. The molecule has 0 spiro atoms. The van der Waals surface area contributed by atoms with Crippen LogP contribution in [0.2, 0.25) is 0 Å². The molecule has 9 nitrogen and oxygen atoms in total. The lowest BCUT2D eigenvalue weighted by Gasteiger charge is -2.36. The Kier molecular flexibility index (Phi) is 12.3. The molecule has 0 aliphatic heterocycles. The third kappa shape index (κ3) is 9.21. The number of amides is 1. The van der Waals surface area contributed by atoms with Gasteiger partial charge in [-0.3, -0.25) is 4.79 Å². The van der Waals surface area contributed by atoms with Gasteiger partial charge in [-0.1, -0.05) is 0 Å². The van der Waals surface area contributed by atoms with E-state index in [4.69, 9.17) is 9.47 Å². The monoisotopic (exact) mass is 540 g/mol. The predicted octanol–water partition coefficient (Wildman–Crippen LogP) is 2.46. The summed E-state index contributed by atoms with van der Waals surface area (Å²) in [6.07, 6.45) is 4.59. The van der Waals surface area contributed by atoms with E-state index < -0.39 is 10.0 Å². The van der Waals surface area contributed by atoms with Crippen molar-refractivity contribution in [1.29, 1.82) is 0 Å². The molecule has 0 atom stereocenters. The van der Waals surface area contributed by atoms with Gasteiger partial charge in [-0.05, 0) is 89.9 Å². The number of rotatable bonds is 14. The maximum Gasteiger partial charge on any atom is 0.248 e. The van der Waals surface area contributed by atoms with Crippen LogP contribution in [-0.2, 0) is 19.6 Å². The predicted molar refractivity (Wildman–Crippen MR) is 148 cm³/mol. The molecular weight excluding hydrogens is 492 g/mol. The number of hydrogen-bond acceptors (Lipinski definition) is 7. The van der Waals surface area contributed by atoms with Crippen molar-refractivity contribution in [2.45, 2.75) is 50.5 Å². The van der Waals surface area contributed by atoms with E-state index in [1.165, 1.54) is 24.2 Å². The van der Waals surface area contributed by atoms with Crippen molar-refractivity contribution in [2.75, 3.05) is 81.7 Å². The van der Waals surface area contributed by atoms with E-state index in [0.717, 1.165) is 32.5 Å². The molecule has 0 radical (unpaired) electrons. The fourth-order valence-corrected chi connectivity index (χ4v) is 6.53. The van der Waals surface area contributed by atoms with Crippen molar-refractivity contribution in [3.05, 3.63) is 23.3 Å². The average molecular weight is 541 g/mol. The molecule has 1 aromatic rings. The van der Waals surface area contributed by atoms with Crippen LogP contribution in [0, 0.1) is 19.8 Å². The maximum atomic E-state index is 13.1. The minimum Gasteiger partial charge on any atom is -0.497 e. The molecule has 2 rings (SSSR count). The molecule has 1 aliphatic carbocycles. The van der Waals surface area contributed by atoms with Crippen LogP contribution < -0.4 is 4.74 Å². The van der Waals surface area contributed by atoms with Crippen LogP contribution in [0.15, 0.2) is 17.0 Å². The quantitative estimate of drug-likeness (QED) is 0.335. The first kappa shape index (κ1) is 31.5. The molecule has 1 amide bonds. The van der Waals surface area contributed by atoms with Crippen LogP contribution >= 0.6 is 0 Å². The first-order valence-electron chi connectivity index (χ1n) is 13.1. The van der Waals surface area contributed by atoms with E-state index in [0.29, 0.717) is 28.8 Å². The topological polar surface area (TPSA) is 82.6 Å². The average Bonchev–Trinajstić information content (AvgIpc) is 2.84. The van der Waals surface area contributed by atoms with E-state index in [-0.39, 0.29) is 30.6 Å². The molecule has 0 aromatic heterocycles. The van der Waals surface area contributed by atoms with Crippen molar-refractivity contribution in [2.24, 2.45) is 5.92 Å². The highest BCUT2D eigenvalue weighted by Gasteiger charge is 2.27. The summed E-state index contributed by atoms with van der Waals surface area (Å²) in [5.41, 5.74) is 1.27. The van der Waals surface area contributed by atoms with Gasteiger partial charge in [0, 0.05) is 46.3 Å². The number of methoxy groups -OCH3 is 1. The number of carbonyl (C=O) groups is 1. The van der Waals surface area contributed by atoms with Gasteiger partial charge in [-0.15, -0.1) is 0 Å². The largest absolute Gasteiger partial charge is 0.497 e. The van der Waals surface area contributed by atoms with E-state index in [9.17, 15) is 13.2 Å². The SMILES string of the molecule is COc1cc(C)c(S(=O)(=O)N(C)CCOCC(=O)N(C)C[C@H]2CC[C@H](N(C)CCN(C)C)CC2)c(C)c1. The molecule has 0 heterocycles. The summed E-state index contributed by atoms with van der Waals surface area (Å²) in [7, 11) is 7.65. The van der Waals surface area contributed by atoms with E-state index in [1.54, 1.807) is 38.0 Å². The third-order valence-corrected chi connectivity index (χ3v) is 9.57. The zero-order valence-electron chi connectivity index (χ0n) is 24.1. The number of likely N-dealkylation sites (N-methyl/N-ethyl adjacent to an activating group) is 4. The summed E-state index contributed by atoms with van der Waals surface area (Å²) in [6.45, 7) is 6.66. The number of nitrogens with zero attached hydrogens (tertiary/aromatic N) is 4. The van der Waals surface area contributed by atoms with Crippen LogP contribution in [0.1, 0.15) is 36.8 Å². The van der Waals surface area contributed by atoms with Gasteiger partial charge in [0.25, 0.3) is 0 Å². The third-order valence-electron chi connectivity index (χ3n) is 7.41. The van der Waals surface area contributed by atoms with Gasteiger partial charge < -0.3 is 24.2 Å². The van der Waals surface area contributed by atoms with E-state index in [1.807, 2.05) is 7.05 Å². The summed E-state index contributed by atoms with van der Waals surface area (Å²) in [4.78, 5) is 19.3. The molecule has 0 bridgehead atoms. The van der Waals surface area contributed by atoms with Gasteiger partial charge >= 0.3 is 0 Å². The second kappa shape index (κ2) is 14.4. The Hall–Kier alpha value is -1.72. The van der Waals surface area contributed by atoms with E-state index in [2.05, 4.69) is 30.9 Å². The van der Waals surface area contributed by atoms with Crippen LogP contribution in [0.5, 0.6) is 5.75 Å². The van der Waals surface area contributed by atoms with Crippen LogP contribution in [-0.4, -0.2) is 121 Å². The maximum absolute atomic E-state index is 13.1. The van der Waals surface area contributed by atoms with Gasteiger partial charge in [-0.25, -0.2) is 8.42 Å². The van der Waals surface area contributed by atoms with Crippen molar-refractivity contribution in [3.63, 3.8) is 0 Å². The standard InChI is InChI=1S/C27H48N4O5S/c1-21-17-25(35-8)18-22(2)27(21)37(33,34)31(7)15-16-36-20-26(32)30(6)19-23-9-11-24(12-10-23)29(5)14-13-28(3)4/h17-18,23-24H,9-16,19-20H2,1-8H3/t23-,24-. The fraction of sp³-hybridized carbons (Fsp3) is 0.741. The molecule has 0 saturated heterocycles. The molecule has 1 aliphatic rings. The van der Waals surface area contributed by atoms with Crippen LogP contribution in [0.25, 0.3) is 0 Å². The van der Waals surface area contributed by atoms with Crippen molar-refractivity contribution in [3.8, 4) is 5.75 Å². The minimum absolute atomic E-state index is 0.0480. The summed E-state index contributed by atoms with van der Waals surface area (Å²) in [6, 6.07) is 4.06. The molecule has 1 fully saturated rings. The first-order valence-corrected chi connectivity index (χ1v) is 14.6. The van der Waals surface area contributed by atoms with E-state index >= 15 is 0 Å². The summed E-state index contributed by atoms with van der Waals surface area (Å²) < 4.78 is 38.3. The second-order valence-corrected chi connectivity index (χ2v) is 12.7. The lowest BCUT2D eigenvalue weighted by atomic mass is 9.85. The van der Waals surface area contributed by atoms with Crippen LogP contribution in [0.4, 0.5) is 0 Å². The van der Waals surface area contributed by atoms with Gasteiger partial charge in [-0.2, -0.15) is 4.31 Å². The molecule has 212 valence electrons. The Labute approximate surface area is 224 Å². The van der Waals surface area contributed by atoms with Crippen molar-refractivity contribution in [1.82, 2.24) is 19.0 Å². The Morgan fingerprint density at radius 2 is 1.54 bits per heavy atom. The zero-order valence-corrected chi connectivity index (χ0v) is 24.9. The first-order chi connectivity index (χ1) is 17.4. The van der Waals surface area contributed by atoms with Crippen molar-refractivity contribution >= 4 is 15.9 Å². The molecule has 0 unspecified atom stereocenters. The summed E-state index contributed by atoms with van der Waals surface area (Å²) in [5, 5.41) is 0. The van der Waals surface area contributed by atoms with Crippen LogP contribution in [0.3, 0.4) is 0 Å². The summed E-state index contributed by atoms with van der Waals surface area (Å²) in [5.74, 6) is 1.07. The highest BCUT2D eigenvalue weighted by atomic mass is 32.2. The molecule has 37 heavy (non-hydrogen) atoms. The number of hydrogen-bond donors (Lipinski definition) is 0. The van der Waals surface area contributed by atoms with Gasteiger partial charge in [0.1, 0.15) is 12.4 Å². The Balaban J connectivity index is 1.74. The second-order valence-electron chi connectivity index (χ2n) is 10.7. The molecule has 1 saturated carbocycles. The highest BCUT2D eigenvalue weighted by Crippen LogP contribution is 2.28. The fourth-order valence-electron chi connectivity index (χ4n) is 4.97. The lowest BCUT2D eigenvalue weighted by Crippen LogP contribution is -2.41. The number of ether oxygens (including phenoxy) is 2. The molecule has 1 aromatic carbocycles. The van der Waals surface area contributed by atoms with Gasteiger partial charge in [0.2, 0.25) is 15.9 Å². The summed E-state index contributed by atoms with van der Waals surface area (Å²) >= 11 is 0. The molecule has 10 heteroatoms. The minimum atomic E-state index is -3.68. The van der Waals surface area contributed by atoms with Crippen molar-refractivity contribution < 1.29 is 22.7 Å². The Bertz CT molecular complexity index is 954. The number of aryl methyl sites for hydroxylation is 2. The number of benzene rings is 1. The smallest absolute Gasteiger partial charge is 0.248 e. The number of carbonyl (C=O) groups excluding carboxylic acids is 1. The Morgan fingerprint density at radius 3 is 2.08 bits per heavy atom. The highest BCUT2D eigenvalue weighted by molar-refractivity contribution is 7.89. The lowest BCUT2D eigenvalue weighted by molar-refractivity contribution is -0.135. The van der Waals surface area contributed by atoms with Gasteiger partial charge in [0.15, 0.2) is 0 Å². The van der Waals surface area contributed by atoms with Gasteiger partial charge in [0.05, 0.1) is 18.6 Å². The number of sulfonamides is 1. The molecular formula is C27H48N4O5S. The zero-order chi connectivity index (χ0) is 27.8. The Morgan fingerprint density at radius 1 is 0.946 bits per heavy atom. The molecule has 0 N–H and O–H groups in total.